The number of benzene rings is 1. The van der Waals surface area contributed by atoms with Gasteiger partial charge in [0, 0.05) is 17.5 Å². The number of furan rings is 1. The average molecular weight is 270 g/mol. The predicted octanol–water partition coefficient (Wildman–Crippen LogP) is 2.92. The van der Waals surface area contributed by atoms with Crippen LogP contribution in [0.1, 0.15) is 5.56 Å². The monoisotopic (exact) mass is 269 g/mol. The Bertz CT molecular complexity index is 479. The first-order valence-electron chi connectivity index (χ1n) is 4.65. The van der Waals surface area contributed by atoms with Gasteiger partial charge in [0.05, 0.1) is 7.11 Å². The predicted molar refractivity (Wildman–Crippen MR) is 63.2 cm³/mol. The number of ether oxygens (including phenoxy) is 1. The van der Waals surface area contributed by atoms with Crippen LogP contribution >= 0.6 is 15.9 Å². The molecule has 4 heteroatoms. The van der Waals surface area contributed by atoms with Crippen LogP contribution in [0.3, 0.4) is 0 Å². The van der Waals surface area contributed by atoms with Gasteiger partial charge < -0.3 is 14.5 Å². The van der Waals surface area contributed by atoms with E-state index in [2.05, 4.69) is 21.2 Å². The van der Waals surface area contributed by atoms with Crippen LogP contribution in [0.25, 0.3) is 11.0 Å². The van der Waals surface area contributed by atoms with Gasteiger partial charge in [0.15, 0.2) is 16.0 Å². The Hall–Kier alpha value is -1.00. The van der Waals surface area contributed by atoms with Crippen LogP contribution in [0.5, 0.6) is 5.75 Å². The molecule has 2 rings (SSSR count). The normalized spacial score (nSPS) is 10.9. The van der Waals surface area contributed by atoms with Gasteiger partial charge in [0.25, 0.3) is 0 Å². The summed E-state index contributed by atoms with van der Waals surface area (Å²) in [5, 5.41) is 4.14. The number of hydrogen-bond acceptors (Lipinski definition) is 3. The Morgan fingerprint density at radius 3 is 2.93 bits per heavy atom. The van der Waals surface area contributed by atoms with E-state index in [0.29, 0.717) is 0 Å². The second-order valence-corrected chi connectivity index (χ2v) is 4.04. The standard InChI is InChI=1S/C11H12BrNO2/c1-13-6-8-4-3-7-5-9(12)15-11(7)10(8)14-2/h3-5,13H,6H2,1-2H3. The van der Waals surface area contributed by atoms with Gasteiger partial charge in [0.2, 0.25) is 0 Å². The fourth-order valence-corrected chi connectivity index (χ4v) is 2.05. The summed E-state index contributed by atoms with van der Waals surface area (Å²) in [7, 11) is 3.56. The van der Waals surface area contributed by atoms with Crippen LogP contribution in [0.15, 0.2) is 27.3 Å². The van der Waals surface area contributed by atoms with E-state index in [-0.39, 0.29) is 0 Å². The third kappa shape index (κ3) is 1.87. The number of halogens is 1. The minimum absolute atomic E-state index is 0.720. The highest BCUT2D eigenvalue weighted by atomic mass is 79.9. The van der Waals surface area contributed by atoms with E-state index in [1.54, 1.807) is 7.11 Å². The third-order valence-electron chi connectivity index (χ3n) is 2.26. The van der Waals surface area contributed by atoms with Gasteiger partial charge in [-0.2, -0.15) is 0 Å². The van der Waals surface area contributed by atoms with Gasteiger partial charge in [0.1, 0.15) is 0 Å². The molecule has 0 aliphatic heterocycles. The fraction of sp³-hybridized carbons (Fsp3) is 0.273. The maximum atomic E-state index is 5.54. The molecule has 80 valence electrons. The summed E-state index contributed by atoms with van der Waals surface area (Å²) in [6.45, 7) is 0.761. The largest absolute Gasteiger partial charge is 0.492 e. The molecule has 3 nitrogen and oxygen atoms in total. The van der Waals surface area contributed by atoms with E-state index in [9.17, 15) is 0 Å². The Kier molecular flexibility index (Phi) is 2.98. The maximum absolute atomic E-state index is 5.54. The molecule has 0 saturated heterocycles. The molecule has 0 atom stereocenters. The van der Waals surface area contributed by atoms with Gasteiger partial charge in [-0.25, -0.2) is 0 Å². The summed E-state index contributed by atoms with van der Waals surface area (Å²) in [5.74, 6) is 0.799. The van der Waals surface area contributed by atoms with E-state index >= 15 is 0 Å². The van der Waals surface area contributed by atoms with Crippen molar-refractivity contribution in [3.05, 3.63) is 28.4 Å². The first kappa shape index (κ1) is 10.5. The van der Waals surface area contributed by atoms with E-state index < -0.39 is 0 Å². The summed E-state index contributed by atoms with van der Waals surface area (Å²) >= 11 is 3.31. The molecular weight excluding hydrogens is 258 g/mol. The highest BCUT2D eigenvalue weighted by Crippen LogP contribution is 2.33. The summed E-state index contributed by atoms with van der Waals surface area (Å²) in [6.07, 6.45) is 0. The maximum Gasteiger partial charge on any atom is 0.177 e. The summed E-state index contributed by atoms with van der Waals surface area (Å²) in [6, 6.07) is 6.00. The van der Waals surface area contributed by atoms with Gasteiger partial charge >= 0.3 is 0 Å². The minimum Gasteiger partial charge on any atom is -0.492 e. The second-order valence-electron chi connectivity index (χ2n) is 3.26. The van der Waals surface area contributed by atoms with Crippen LogP contribution in [0.4, 0.5) is 0 Å². The zero-order valence-electron chi connectivity index (χ0n) is 8.63. The van der Waals surface area contributed by atoms with E-state index in [4.69, 9.17) is 9.15 Å². The van der Waals surface area contributed by atoms with Crippen molar-refractivity contribution in [3.63, 3.8) is 0 Å². The van der Waals surface area contributed by atoms with Crippen molar-refractivity contribution in [2.45, 2.75) is 6.54 Å². The van der Waals surface area contributed by atoms with Crippen molar-refractivity contribution in [1.29, 1.82) is 0 Å². The van der Waals surface area contributed by atoms with Crippen LogP contribution < -0.4 is 10.1 Å². The molecule has 1 heterocycles. The highest BCUT2D eigenvalue weighted by Gasteiger charge is 2.11. The molecule has 0 aliphatic carbocycles. The third-order valence-corrected chi connectivity index (χ3v) is 2.65. The molecule has 0 spiro atoms. The zero-order chi connectivity index (χ0) is 10.8. The number of rotatable bonds is 3. The molecule has 0 radical (unpaired) electrons. The molecular formula is C11H12BrNO2. The lowest BCUT2D eigenvalue weighted by Gasteiger charge is -2.07. The molecule has 0 bridgehead atoms. The Morgan fingerprint density at radius 2 is 2.27 bits per heavy atom. The fourth-order valence-electron chi connectivity index (χ4n) is 1.64. The minimum atomic E-state index is 0.720. The van der Waals surface area contributed by atoms with Crippen molar-refractivity contribution in [2.24, 2.45) is 0 Å². The molecule has 2 aromatic rings. The lowest BCUT2D eigenvalue weighted by Crippen LogP contribution is -2.06. The molecule has 0 unspecified atom stereocenters. The van der Waals surface area contributed by atoms with Gasteiger partial charge in [-0.15, -0.1) is 0 Å². The van der Waals surface area contributed by atoms with Crippen LogP contribution in [-0.2, 0) is 6.54 Å². The van der Waals surface area contributed by atoms with Crippen molar-refractivity contribution in [1.82, 2.24) is 5.32 Å². The number of fused-ring (bicyclic) bond motifs is 1. The molecule has 0 amide bonds. The van der Waals surface area contributed by atoms with Crippen molar-refractivity contribution in [3.8, 4) is 5.75 Å². The van der Waals surface area contributed by atoms with Crippen molar-refractivity contribution in [2.75, 3.05) is 14.2 Å². The van der Waals surface area contributed by atoms with Crippen LogP contribution in [0, 0.1) is 0 Å². The molecule has 0 saturated carbocycles. The molecule has 0 fully saturated rings. The second kappa shape index (κ2) is 4.24. The zero-order valence-corrected chi connectivity index (χ0v) is 10.2. The number of nitrogens with one attached hydrogen (secondary N) is 1. The summed E-state index contributed by atoms with van der Waals surface area (Å²) in [4.78, 5) is 0. The van der Waals surface area contributed by atoms with Crippen LogP contribution in [-0.4, -0.2) is 14.2 Å². The highest BCUT2D eigenvalue weighted by molar-refractivity contribution is 9.10. The SMILES string of the molecule is CNCc1ccc2cc(Br)oc2c1OC. The number of methoxy groups -OCH3 is 1. The molecule has 1 aromatic carbocycles. The van der Waals surface area contributed by atoms with E-state index in [1.807, 2.05) is 25.2 Å². The van der Waals surface area contributed by atoms with E-state index in [1.165, 1.54) is 0 Å². The first-order chi connectivity index (χ1) is 7.26. The Balaban J connectivity index is 2.63. The Labute approximate surface area is 96.5 Å². The van der Waals surface area contributed by atoms with Crippen LogP contribution in [0.2, 0.25) is 0 Å². The average Bonchev–Trinajstić information content (AvgIpc) is 2.58. The number of hydrogen-bond donors (Lipinski definition) is 1. The lowest BCUT2D eigenvalue weighted by molar-refractivity contribution is 0.403. The quantitative estimate of drug-likeness (QED) is 0.931. The summed E-state index contributed by atoms with van der Waals surface area (Å²) in [5.41, 5.74) is 1.88. The molecule has 1 N–H and O–H groups in total. The first-order valence-corrected chi connectivity index (χ1v) is 5.45. The lowest BCUT2D eigenvalue weighted by atomic mass is 10.1. The van der Waals surface area contributed by atoms with E-state index in [0.717, 1.165) is 33.5 Å². The molecule has 15 heavy (non-hydrogen) atoms. The topological polar surface area (TPSA) is 34.4 Å². The van der Waals surface area contributed by atoms with Crippen molar-refractivity contribution >= 4 is 26.9 Å². The van der Waals surface area contributed by atoms with Gasteiger partial charge in [-0.3, -0.25) is 0 Å². The molecule has 0 aliphatic rings. The van der Waals surface area contributed by atoms with Crippen molar-refractivity contribution < 1.29 is 9.15 Å². The summed E-state index contributed by atoms with van der Waals surface area (Å²) < 4.78 is 11.6. The van der Waals surface area contributed by atoms with Gasteiger partial charge in [-0.1, -0.05) is 12.1 Å². The van der Waals surface area contributed by atoms with Gasteiger partial charge in [-0.05, 0) is 29.0 Å². The molecule has 1 aromatic heterocycles. The Morgan fingerprint density at radius 1 is 1.47 bits per heavy atom. The smallest absolute Gasteiger partial charge is 0.177 e.